The molecule has 0 fully saturated rings. The van der Waals surface area contributed by atoms with Crippen molar-refractivity contribution >= 4 is 17.3 Å². The van der Waals surface area contributed by atoms with Crippen LogP contribution in [0.4, 0.5) is 11.4 Å². The minimum atomic E-state index is -0.0143. The molecule has 0 saturated carbocycles. The maximum atomic E-state index is 12.0. The molecule has 0 aliphatic heterocycles. The average Bonchev–Trinajstić information content (AvgIpc) is 2.50. The molecule has 0 aromatic heterocycles. The molecule has 0 aliphatic rings. The largest absolute Gasteiger partial charge is 0.497 e. The fraction of sp³-hybridized carbons (Fsp3) is 0.235. The van der Waals surface area contributed by atoms with Gasteiger partial charge in [-0.3, -0.25) is 4.79 Å². The van der Waals surface area contributed by atoms with Gasteiger partial charge in [-0.25, -0.2) is 0 Å². The summed E-state index contributed by atoms with van der Waals surface area (Å²) in [5.41, 5.74) is 9.29. The summed E-state index contributed by atoms with van der Waals surface area (Å²) in [6, 6.07) is 13.3. The van der Waals surface area contributed by atoms with Crippen LogP contribution in [0.2, 0.25) is 0 Å². The highest BCUT2D eigenvalue weighted by atomic mass is 16.5. The van der Waals surface area contributed by atoms with Crippen LogP contribution in [-0.2, 0) is 11.2 Å². The zero-order valence-electron chi connectivity index (χ0n) is 12.3. The van der Waals surface area contributed by atoms with Crippen LogP contribution in [0.15, 0.2) is 42.5 Å². The van der Waals surface area contributed by atoms with Crippen molar-refractivity contribution in [1.82, 2.24) is 0 Å². The lowest BCUT2D eigenvalue weighted by Gasteiger charge is -2.10. The van der Waals surface area contributed by atoms with Gasteiger partial charge in [0.25, 0.3) is 0 Å². The summed E-state index contributed by atoms with van der Waals surface area (Å²) in [7, 11) is 1.64. The Morgan fingerprint density at radius 1 is 1.19 bits per heavy atom. The average molecular weight is 284 g/mol. The zero-order chi connectivity index (χ0) is 15.2. The van der Waals surface area contributed by atoms with Crippen molar-refractivity contribution in [3.63, 3.8) is 0 Å². The van der Waals surface area contributed by atoms with Crippen molar-refractivity contribution in [2.24, 2.45) is 0 Å². The van der Waals surface area contributed by atoms with E-state index in [1.807, 2.05) is 49.4 Å². The van der Waals surface area contributed by atoms with Crippen LogP contribution in [0.25, 0.3) is 0 Å². The summed E-state index contributed by atoms with van der Waals surface area (Å²) in [6.45, 7) is 1.90. The minimum absolute atomic E-state index is 0.0143. The Balaban J connectivity index is 1.91. The number of ether oxygens (including phenoxy) is 1. The van der Waals surface area contributed by atoms with Gasteiger partial charge in [0.1, 0.15) is 5.75 Å². The van der Waals surface area contributed by atoms with Crippen molar-refractivity contribution in [2.75, 3.05) is 18.2 Å². The van der Waals surface area contributed by atoms with E-state index in [1.54, 1.807) is 7.11 Å². The molecule has 0 radical (unpaired) electrons. The number of amides is 1. The first-order chi connectivity index (χ1) is 10.1. The van der Waals surface area contributed by atoms with Crippen LogP contribution >= 0.6 is 0 Å². The summed E-state index contributed by atoms with van der Waals surface area (Å²) in [6.07, 6.45) is 1.12. The van der Waals surface area contributed by atoms with Crippen LogP contribution in [0.3, 0.4) is 0 Å². The number of nitrogens with one attached hydrogen (secondary N) is 1. The maximum absolute atomic E-state index is 12.0. The number of carbonyl (C=O) groups excluding carboxylic acids is 1. The van der Waals surface area contributed by atoms with Gasteiger partial charge in [-0.1, -0.05) is 18.2 Å². The number of benzene rings is 2. The first-order valence-electron chi connectivity index (χ1n) is 6.88. The second kappa shape index (κ2) is 6.79. The molecule has 0 spiro atoms. The van der Waals surface area contributed by atoms with Gasteiger partial charge in [0.05, 0.1) is 7.11 Å². The summed E-state index contributed by atoms with van der Waals surface area (Å²) >= 11 is 0. The number of nitrogens with two attached hydrogens (primary N) is 1. The third-order valence-electron chi connectivity index (χ3n) is 3.45. The van der Waals surface area contributed by atoms with Gasteiger partial charge in [-0.15, -0.1) is 0 Å². The van der Waals surface area contributed by atoms with Gasteiger partial charge in [0, 0.05) is 17.8 Å². The normalized spacial score (nSPS) is 10.2. The quantitative estimate of drug-likeness (QED) is 0.829. The molecule has 0 atom stereocenters. The number of hydrogen-bond acceptors (Lipinski definition) is 3. The lowest BCUT2D eigenvalue weighted by molar-refractivity contribution is -0.116. The van der Waals surface area contributed by atoms with Gasteiger partial charge in [0.2, 0.25) is 5.91 Å². The zero-order valence-corrected chi connectivity index (χ0v) is 12.3. The van der Waals surface area contributed by atoms with Crippen molar-refractivity contribution in [2.45, 2.75) is 19.8 Å². The summed E-state index contributed by atoms with van der Waals surface area (Å²) in [4.78, 5) is 12.0. The number of anilines is 2. The number of methoxy groups -OCH3 is 1. The van der Waals surface area contributed by atoms with Crippen molar-refractivity contribution in [3.8, 4) is 5.75 Å². The monoisotopic (exact) mass is 284 g/mol. The van der Waals surface area contributed by atoms with Gasteiger partial charge in [0.15, 0.2) is 0 Å². The first-order valence-corrected chi connectivity index (χ1v) is 6.88. The topological polar surface area (TPSA) is 64.3 Å². The number of aryl methyl sites for hydroxylation is 1. The molecule has 0 saturated heterocycles. The highest BCUT2D eigenvalue weighted by Gasteiger charge is 2.06. The Bertz CT molecular complexity index is 621. The minimum Gasteiger partial charge on any atom is -0.497 e. The Morgan fingerprint density at radius 2 is 1.90 bits per heavy atom. The summed E-state index contributed by atoms with van der Waals surface area (Å²) < 4.78 is 5.11. The van der Waals surface area contributed by atoms with E-state index in [9.17, 15) is 4.79 Å². The fourth-order valence-corrected chi connectivity index (χ4v) is 2.05. The predicted octanol–water partition coefficient (Wildman–Crippen LogP) is 3.16. The fourth-order valence-electron chi connectivity index (χ4n) is 2.05. The number of rotatable bonds is 5. The third kappa shape index (κ3) is 3.99. The molecule has 2 rings (SSSR count). The molecule has 0 unspecified atom stereocenters. The van der Waals surface area contributed by atoms with Crippen LogP contribution in [-0.4, -0.2) is 13.0 Å². The number of nitrogen functional groups attached to an aromatic ring is 1. The predicted molar refractivity (Wildman–Crippen MR) is 85.5 cm³/mol. The second-order valence-electron chi connectivity index (χ2n) is 4.92. The molecule has 0 bridgehead atoms. The molecular weight excluding hydrogens is 264 g/mol. The van der Waals surface area contributed by atoms with Gasteiger partial charge >= 0.3 is 0 Å². The third-order valence-corrected chi connectivity index (χ3v) is 3.45. The molecule has 21 heavy (non-hydrogen) atoms. The Morgan fingerprint density at radius 3 is 2.57 bits per heavy atom. The lowest BCUT2D eigenvalue weighted by Crippen LogP contribution is -2.13. The van der Waals surface area contributed by atoms with Gasteiger partial charge in [-0.2, -0.15) is 0 Å². The molecule has 0 heterocycles. The van der Waals surface area contributed by atoms with E-state index in [1.165, 1.54) is 0 Å². The molecular formula is C17H20N2O2. The standard InChI is InChI=1S/C17H20N2O2/c1-12-15(18)4-3-5-16(12)19-17(20)11-8-13-6-9-14(21-2)10-7-13/h3-7,9-10H,8,11,18H2,1-2H3,(H,19,20). The number of hydrogen-bond donors (Lipinski definition) is 2. The molecule has 0 aliphatic carbocycles. The lowest BCUT2D eigenvalue weighted by atomic mass is 10.1. The summed E-state index contributed by atoms with van der Waals surface area (Å²) in [5, 5.41) is 2.90. The molecule has 4 heteroatoms. The van der Waals surface area contributed by atoms with E-state index in [2.05, 4.69) is 5.32 Å². The van der Waals surface area contributed by atoms with Crippen LogP contribution in [0.5, 0.6) is 5.75 Å². The van der Waals surface area contributed by atoms with Crippen LogP contribution in [0, 0.1) is 6.92 Å². The van der Waals surface area contributed by atoms with E-state index in [-0.39, 0.29) is 5.91 Å². The van der Waals surface area contributed by atoms with Gasteiger partial charge in [-0.05, 0) is 48.7 Å². The first kappa shape index (κ1) is 14.9. The molecule has 3 N–H and O–H groups in total. The van der Waals surface area contributed by atoms with E-state index in [0.29, 0.717) is 18.5 Å². The van der Waals surface area contributed by atoms with E-state index in [4.69, 9.17) is 10.5 Å². The Labute approximate surface area is 124 Å². The van der Waals surface area contributed by atoms with Crippen molar-refractivity contribution < 1.29 is 9.53 Å². The van der Waals surface area contributed by atoms with E-state index in [0.717, 1.165) is 22.6 Å². The van der Waals surface area contributed by atoms with E-state index >= 15 is 0 Å². The molecule has 1 amide bonds. The van der Waals surface area contributed by atoms with Crippen molar-refractivity contribution in [1.29, 1.82) is 0 Å². The van der Waals surface area contributed by atoms with Crippen LogP contribution < -0.4 is 15.8 Å². The molecule has 2 aromatic carbocycles. The van der Waals surface area contributed by atoms with Crippen molar-refractivity contribution in [3.05, 3.63) is 53.6 Å². The molecule has 110 valence electrons. The van der Waals surface area contributed by atoms with E-state index < -0.39 is 0 Å². The summed E-state index contributed by atoms with van der Waals surface area (Å²) in [5.74, 6) is 0.804. The Hall–Kier alpha value is -2.49. The Kier molecular flexibility index (Phi) is 4.82. The molecule has 4 nitrogen and oxygen atoms in total. The highest BCUT2D eigenvalue weighted by molar-refractivity contribution is 5.92. The number of carbonyl (C=O) groups is 1. The SMILES string of the molecule is COc1ccc(CCC(=O)Nc2cccc(N)c2C)cc1. The maximum Gasteiger partial charge on any atom is 0.224 e. The van der Waals surface area contributed by atoms with Gasteiger partial charge < -0.3 is 15.8 Å². The highest BCUT2D eigenvalue weighted by Crippen LogP contribution is 2.20. The second-order valence-corrected chi connectivity index (χ2v) is 4.92. The smallest absolute Gasteiger partial charge is 0.224 e. The molecule has 2 aromatic rings. The van der Waals surface area contributed by atoms with Crippen LogP contribution in [0.1, 0.15) is 17.5 Å².